The van der Waals surface area contributed by atoms with E-state index in [0.717, 1.165) is 36.7 Å². The maximum absolute atomic E-state index is 5.89. The minimum atomic E-state index is 0.220. The lowest BCUT2D eigenvalue weighted by Crippen LogP contribution is -2.34. The molecule has 2 aromatic rings. The average Bonchev–Trinajstić information content (AvgIpc) is 3.03. The van der Waals surface area contributed by atoms with Gasteiger partial charge in [-0.05, 0) is 24.6 Å². The van der Waals surface area contributed by atoms with E-state index in [2.05, 4.69) is 14.9 Å². The van der Waals surface area contributed by atoms with Crippen LogP contribution in [0.25, 0.3) is 0 Å². The van der Waals surface area contributed by atoms with E-state index < -0.39 is 0 Å². The Balaban J connectivity index is 1.64. The van der Waals surface area contributed by atoms with Crippen molar-refractivity contribution < 1.29 is 14.2 Å². The molecule has 1 fully saturated rings. The maximum Gasteiger partial charge on any atom is 0.137 e. The molecule has 1 aliphatic heterocycles. The van der Waals surface area contributed by atoms with Crippen molar-refractivity contribution in [2.75, 3.05) is 27.4 Å². The van der Waals surface area contributed by atoms with Crippen LogP contribution in [0.15, 0.2) is 42.9 Å². The van der Waals surface area contributed by atoms with Crippen LogP contribution in [0.5, 0.6) is 11.5 Å². The molecule has 2 aromatic heterocycles. The Morgan fingerprint density at radius 2 is 2.12 bits per heavy atom. The zero-order valence-corrected chi connectivity index (χ0v) is 14.1. The molecule has 128 valence electrons. The molecule has 3 heterocycles. The zero-order valence-electron chi connectivity index (χ0n) is 14.1. The largest absolute Gasteiger partial charge is 0.497 e. The number of rotatable bonds is 7. The molecule has 24 heavy (non-hydrogen) atoms. The minimum absolute atomic E-state index is 0.220. The van der Waals surface area contributed by atoms with E-state index in [1.54, 1.807) is 32.8 Å². The van der Waals surface area contributed by atoms with Crippen molar-refractivity contribution in [3.05, 3.63) is 48.5 Å². The lowest BCUT2D eigenvalue weighted by molar-refractivity contribution is 0.107. The fourth-order valence-electron chi connectivity index (χ4n) is 2.98. The Bertz CT molecular complexity index is 638. The van der Waals surface area contributed by atoms with E-state index in [-0.39, 0.29) is 12.1 Å². The molecule has 0 radical (unpaired) electrons. The molecule has 6 nitrogen and oxygen atoms in total. The second-order valence-corrected chi connectivity index (χ2v) is 5.86. The summed E-state index contributed by atoms with van der Waals surface area (Å²) >= 11 is 0. The summed E-state index contributed by atoms with van der Waals surface area (Å²) in [5.74, 6) is 1.61. The van der Waals surface area contributed by atoms with E-state index in [1.807, 2.05) is 24.3 Å². The highest BCUT2D eigenvalue weighted by molar-refractivity contribution is 5.22. The van der Waals surface area contributed by atoms with Crippen LogP contribution >= 0.6 is 0 Å². The third-order valence-corrected chi connectivity index (χ3v) is 4.29. The van der Waals surface area contributed by atoms with Gasteiger partial charge in [0.05, 0.1) is 25.1 Å². The number of pyridine rings is 2. The number of hydrogen-bond donors (Lipinski definition) is 0. The van der Waals surface area contributed by atoms with Crippen molar-refractivity contribution in [2.45, 2.75) is 25.1 Å². The second-order valence-electron chi connectivity index (χ2n) is 5.86. The number of methoxy groups -OCH3 is 2. The second kappa shape index (κ2) is 8.08. The van der Waals surface area contributed by atoms with Gasteiger partial charge in [0.1, 0.15) is 18.1 Å². The van der Waals surface area contributed by atoms with E-state index in [4.69, 9.17) is 14.2 Å². The molecule has 0 saturated carbocycles. The van der Waals surface area contributed by atoms with Crippen LogP contribution in [0.2, 0.25) is 0 Å². The predicted octanol–water partition coefficient (Wildman–Crippen LogP) is 2.15. The Labute approximate surface area is 142 Å². The smallest absolute Gasteiger partial charge is 0.137 e. The van der Waals surface area contributed by atoms with Crippen molar-refractivity contribution in [3.63, 3.8) is 0 Å². The third-order valence-electron chi connectivity index (χ3n) is 4.29. The molecule has 6 heteroatoms. The van der Waals surface area contributed by atoms with Gasteiger partial charge in [-0.2, -0.15) is 0 Å². The molecule has 0 unspecified atom stereocenters. The molecular weight excluding hydrogens is 306 g/mol. The summed E-state index contributed by atoms with van der Waals surface area (Å²) in [6.07, 6.45) is 6.42. The molecule has 0 bridgehead atoms. The van der Waals surface area contributed by atoms with Crippen molar-refractivity contribution in [2.24, 2.45) is 0 Å². The van der Waals surface area contributed by atoms with Crippen molar-refractivity contribution in [1.82, 2.24) is 14.9 Å². The highest BCUT2D eigenvalue weighted by Crippen LogP contribution is 2.24. The Hall–Kier alpha value is -2.18. The Morgan fingerprint density at radius 1 is 1.21 bits per heavy atom. The first kappa shape index (κ1) is 16.7. The SMILES string of the molecule is COc1ccnc(CN2C[C@H](OC)C[C@H]2COc2cccnc2)c1. The Kier molecular flexibility index (Phi) is 5.61. The maximum atomic E-state index is 5.89. The van der Waals surface area contributed by atoms with Gasteiger partial charge in [-0.15, -0.1) is 0 Å². The number of nitrogens with zero attached hydrogens (tertiary/aromatic N) is 3. The van der Waals surface area contributed by atoms with Gasteiger partial charge in [0.15, 0.2) is 0 Å². The van der Waals surface area contributed by atoms with Crippen molar-refractivity contribution >= 4 is 0 Å². The average molecular weight is 329 g/mol. The summed E-state index contributed by atoms with van der Waals surface area (Å²) < 4.78 is 16.7. The van der Waals surface area contributed by atoms with Gasteiger partial charge >= 0.3 is 0 Å². The number of ether oxygens (including phenoxy) is 3. The zero-order chi connectivity index (χ0) is 16.8. The normalized spacial score (nSPS) is 20.9. The van der Waals surface area contributed by atoms with Gasteiger partial charge in [0, 0.05) is 44.7 Å². The van der Waals surface area contributed by atoms with Gasteiger partial charge in [0.2, 0.25) is 0 Å². The van der Waals surface area contributed by atoms with Gasteiger partial charge < -0.3 is 14.2 Å². The van der Waals surface area contributed by atoms with Crippen LogP contribution in [0.3, 0.4) is 0 Å². The molecule has 2 atom stereocenters. The fourth-order valence-corrected chi connectivity index (χ4v) is 2.98. The van der Waals surface area contributed by atoms with Gasteiger partial charge in [-0.1, -0.05) is 0 Å². The van der Waals surface area contributed by atoms with Crippen LogP contribution in [-0.2, 0) is 11.3 Å². The van der Waals surface area contributed by atoms with Crippen LogP contribution in [0, 0.1) is 0 Å². The molecule has 0 aliphatic carbocycles. The molecule has 0 aromatic carbocycles. The van der Waals surface area contributed by atoms with E-state index in [9.17, 15) is 0 Å². The summed E-state index contributed by atoms with van der Waals surface area (Å²) in [6.45, 7) is 2.23. The molecule has 0 spiro atoms. The van der Waals surface area contributed by atoms with E-state index in [1.165, 1.54) is 0 Å². The fraction of sp³-hybridized carbons (Fsp3) is 0.444. The molecule has 1 aliphatic rings. The van der Waals surface area contributed by atoms with Gasteiger partial charge in [-0.3, -0.25) is 14.9 Å². The topological polar surface area (TPSA) is 56.7 Å². The molecule has 1 saturated heterocycles. The van der Waals surface area contributed by atoms with Crippen LogP contribution in [-0.4, -0.2) is 54.4 Å². The van der Waals surface area contributed by atoms with Crippen LogP contribution in [0.1, 0.15) is 12.1 Å². The number of aromatic nitrogens is 2. The highest BCUT2D eigenvalue weighted by atomic mass is 16.5. The lowest BCUT2D eigenvalue weighted by atomic mass is 10.2. The van der Waals surface area contributed by atoms with Crippen molar-refractivity contribution in [3.8, 4) is 11.5 Å². The summed E-state index contributed by atoms with van der Waals surface area (Å²) in [7, 11) is 3.43. The first-order chi connectivity index (χ1) is 11.8. The Morgan fingerprint density at radius 3 is 2.88 bits per heavy atom. The van der Waals surface area contributed by atoms with Gasteiger partial charge in [-0.25, -0.2) is 0 Å². The first-order valence-corrected chi connectivity index (χ1v) is 8.07. The summed E-state index contributed by atoms with van der Waals surface area (Å²) in [5.41, 5.74) is 0.984. The quantitative estimate of drug-likeness (QED) is 0.776. The summed E-state index contributed by atoms with van der Waals surface area (Å²) in [6, 6.07) is 7.90. The standard InChI is InChI=1S/C18H23N3O3/c1-22-16-5-7-20-14(8-16)11-21-12-18(23-2)9-15(21)13-24-17-4-3-6-19-10-17/h3-8,10,15,18H,9,11-13H2,1-2H3/t15-,18+/m0/s1. The monoisotopic (exact) mass is 329 g/mol. The van der Waals surface area contributed by atoms with Crippen LogP contribution in [0.4, 0.5) is 0 Å². The first-order valence-electron chi connectivity index (χ1n) is 8.07. The molecular formula is C18H23N3O3. The molecule has 0 amide bonds. The minimum Gasteiger partial charge on any atom is -0.497 e. The number of hydrogen-bond acceptors (Lipinski definition) is 6. The lowest BCUT2D eigenvalue weighted by Gasteiger charge is -2.23. The van der Waals surface area contributed by atoms with Crippen molar-refractivity contribution in [1.29, 1.82) is 0 Å². The van der Waals surface area contributed by atoms with E-state index >= 15 is 0 Å². The summed E-state index contributed by atoms with van der Waals surface area (Å²) in [5, 5.41) is 0. The van der Waals surface area contributed by atoms with Crippen LogP contribution < -0.4 is 9.47 Å². The third kappa shape index (κ3) is 4.21. The van der Waals surface area contributed by atoms with Gasteiger partial charge in [0.25, 0.3) is 0 Å². The molecule has 0 N–H and O–H groups in total. The predicted molar refractivity (Wildman–Crippen MR) is 90.1 cm³/mol. The number of likely N-dealkylation sites (tertiary alicyclic amines) is 1. The van der Waals surface area contributed by atoms with E-state index in [0.29, 0.717) is 6.61 Å². The summed E-state index contributed by atoms with van der Waals surface area (Å²) in [4.78, 5) is 10.9. The molecule has 3 rings (SSSR count). The highest BCUT2D eigenvalue weighted by Gasteiger charge is 2.32.